The molecule has 0 spiro atoms. The molecule has 1 aromatic heterocycles. The van der Waals surface area contributed by atoms with Crippen LogP contribution in [0.15, 0.2) is 12.5 Å². The highest BCUT2D eigenvalue weighted by molar-refractivity contribution is 5.78. The maximum atomic E-state index is 12.6. The molecule has 1 aromatic rings. The van der Waals surface area contributed by atoms with Crippen LogP contribution in [0.4, 0.5) is 0 Å². The molecule has 0 radical (unpaired) electrons. The standard InChI is InChI=1S/C16H26N4O/c21-16(13-18-7-4-2-1-3-5-8-18)19-9-6-10-20-14-17-11-15(20)12-19/h11,14H,1-10,12-13H2. The number of aryl methyl sites for hydroxylation is 1. The van der Waals surface area contributed by atoms with Crippen LogP contribution in [0.25, 0.3) is 0 Å². The number of nitrogens with zero attached hydrogens (tertiary/aromatic N) is 4. The van der Waals surface area contributed by atoms with Gasteiger partial charge in [0, 0.05) is 19.3 Å². The summed E-state index contributed by atoms with van der Waals surface area (Å²) >= 11 is 0. The first-order valence-corrected chi connectivity index (χ1v) is 8.32. The van der Waals surface area contributed by atoms with E-state index in [1.807, 2.05) is 17.4 Å². The lowest BCUT2D eigenvalue weighted by atomic mass is 10.1. The van der Waals surface area contributed by atoms with E-state index < -0.39 is 0 Å². The second-order valence-electron chi connectivity index (χ2n) is 6.29. The zero-order chi connectivity index (χ0) is 14.5. The Balaban J connectivity index is 1.57. The van der Waals surface area contributed by atoms with Gasteiger partial charge >= 0.3 is 0 Å². The fraction of sp³-hybridized carbons (Fsp3) is 0.750. The Kier molecular flexibility index (Phi) is 4.91. The number of hydrogen-bond acceptors (Lipinski definition) is 3. The predicted molar refractivity (Wildman–Crippen MR) is 81.8 cm³/mol. The molecule has 1 fully saturated rings. The molecular formula is C16H26N4O. The topological polar surface area (TPSA) is 41.4 Å². The Morgan fingerprint density at radius 3 is 2.57 bits per heavy atom. The van der Waals surface area contributed by atoms with Crippen molar-refractivity contribution in [3.05, 3.63) is 18.2 Å². The van der Waals surface area contributed by atoms with Gasteiger partial charge in [0.25, 0.3) is 0 Å². The minimum absolute atomic E-state index is 0.283. The van der Waals surface area contributed by atoms with Crippen LogP contribution in [-0.2, 0) is 17.9 Å². The molecule has 5 heteroatoms. The molecule has 1 saturated heterocycles. The van der Waals surface area contributed by atoms with Gasteiger partial charge in [0.1, 0.15) is 0 Å². The van der Waals surface area contributed by atoms with Crippen molar-refractivity contribution in [3.63, 3.8) is 0 Å². The zero-order valence-electron chi connectivity index (χ0n) is 12.8. The number of rotatable bonds is 2. The minimum atomic E-state index is 0.283. The first-order valence-electron chi connectivity index (χ1n) is 8.32. The summed E-state index contributed by atoms with van der Waals surface area (Å²) in [4.78, 5) is 21.2. The molecule has 0 atom stereocenters. The average molecular weight is 290 g/mol. The quantitative estimate of drug-likeness (QED) is 0.835. The second-order valence-corrected chi connectivity index (χ2v) is 6.29. The molecule has 1 amide bonds. The molecule has 2 aliphatic rings. The van der Waals surface area contributed by atoms with E-state index in [-0.39, 0.29) is 5.91 Å². The SMILES string of the molecule is O=C(CN1CCCCCCC1)N1CCCn2cncc2C1. The van der Waals surface area contributed by atoms with Gasteiger partial charge in [0.2, 0.25) is 5.91 Å². The van der Waals surface area contributed by atoms with Gasteiger partial charge in [0.15, 0.2) is 0 Å². The molecule has 3 rings (SSSR count). The number of imidazole rings is 1. The highest BCUT2D eigenvalue weighted by atomic mass is 16.2. The van der Waals surface area contributed by atoms with Crippen LogP contribution >= 0.6 is 0 Å². The van der Waals surface area contributed by atoms with Gasteiger partial charge in [-0.1, -0.05) is 19.3 Å². The van der Waals surface area contributed by atoms with Crippen LogP contribution in [0.2, 0.25) is 0 Å². The van der Waals surface area contributed by atoms with Crippen molar-refractivity contribution in [2.75, 3.05) is 26.2 Å². The number of carbonyl (C=O) groups excluding carboxylic acids is 1. The van der Waals surface area contributed by atoms with Crippen molar-refractivity contribution in [2.24, 2.45) is 0 Å². The molecule has 2 aliphatic heterocycles. The normalized spacial score (nSPS) is 21.2. The van der Waals surface area contributed by atoms with E-state index in [4.69, 9.17) is 0 Å². The van der Waals surface area contributed by atoms with E-state index in [0.717, 1.165) is 38.3 Å². The Morgan fingerprint density at radius 2 is 1.76 bits per heavy atom. The first kappa shape index (κ1) is 14.6. The van der Waals surface area contributed by atoms with E-state index >= 15 is 0 Å². The summed E-state index contributed by atoms with van der Waals surface area (Å²) in [5, 5.41) is 0. The highest BCUT2D eigenvalue weighted by Crippen LogP contribution is 2.14. The van der Waals surface area contributed by atoms with E-state index in [9.17, 15) is 4.79 Å². The van der Waals surface area contributed by atoms with Gasteiger partial charge < -0.3 is 9.47 Å². The summed E-state index contributed by atoms with van der Waals surface area (Å²) in [5.41, 5.74) is 1.16. The Labute approximate surface area is 126 Å². The van der Waals surface area contributed by atoms with Crippen LogP contribution in [0.3, 0.4) is 0 Å². The van der Waals surface area contributed by atoms with Crippen molar-refractivity contribution < 1.29 is 4.79 Å². The first-order chi connectivity index (χ1) is 10.3. The predicted octanol–water partition coefficient (Wildman–Crippen LogP) is 1.88. The van der Waals surface area contributed by atoms with Crippen LogP contribution in [0, 0.1) is 0 Å². The number of hydrogen-bond donors (Lipinski definition) is 0. The summed E-state index contributed by atoms with van der Waals surface area (Å²) in [7, 11) is 0. The largest absolute Gasteiger partial charge is 0.336 e. The van der Waals surface area contributed by atoms with Crippen LogP contribution in [0.1, 0.15) is 44.2 Å². The highest BCUT2D eigenvalue weighted by Gasteiger charge is 2.21. The number of amides is 1. The molecule has 5 nitrogen and oxygen atoms in total. The zero-order valence-corrected chi connectivity index (χ0v) is 12.8. The van der Waals surface area contributed by atoms with E-state index in [0.29, 0.717) is 13.1 Å². The van der Waals surface area contributed by atoms with Gasteiger partial charge in [-0.25, -0.2) is 4.98 Å². The van der Waals surface area contributed by atoms with Crippen molar-refractivity contribution in [2.45, 2.75) is 51.6 Å². The molecule has 0 aliphatic carbocycles. The lowest BCUT2D eigenvalue weighted by molar-refractivity contribution is -0.133. The lowest BCUT2D eigenvalue weighted by Crippen LogP contribution is -2.41. The molecule has 0 N–H and O–H groups in total. The van der Waals surface area contributed by atoms with Gasteiger partial charge in [-0.3, -0.25) is 9.69 Å². The fourth-order valence-corrected chi connectivity index (χ4v) is 3.36. The maximum Gasteiger partial charge on any atom is 0.237 e. The van der Waals surface area contributed by atoms with Crippen molar-refractivity contribution >= 4 is 5.91 Å². The Morgan fingerprint density at radius 1 is 1.00 bits per heavy atom. The van der Waals surface area contributed by atoms with E-state index in [1.54, 1.807) is 0 Å². The second kappa shape index (κ2) is 7.07. The minimum Gasteiger partial charge on any atom is -0.336 e. The summed E-state index contributed by atoms with van der Waals surface area (Å²) in [6.45, 7) is 5.31. The van der Waals surface area contributed by atoms with Crippen LogP contribution < -0.4 is 0 Å². The third-order valence-electron chi connectivity index (χ3n) is 4.64. The number of aromatic nitrogens is 2. The van der Waals surface area contributed by atoms with Crippen molar-refractivity contribution in [1.29, 1.82) is 0 Å². The van der Waals surface area contributed by atoms with E-state index in [1.165, 1.54) is 32.1 Å². The monoisotopic (exact) mass is 290 g/mol. The third kappa shape index (κ3) is 3.84. The molecule has 21 heavy (non-hydrogen) atoms. The smallest absolute Gasteiger partial charge is 0.237 e. The molecule has 0 aromatic carbocycles. The van der Waals surface area contributed by atoms with Gasteiger partial charge in [-0.05, 0) is 32.4 Å². The molecule has 0 bridgehead atoms. The number of carbonyl (C=O) groups is 1. The summed E-state index contributed by atoms with van der Waals surface area (Å²) in [5.74, 6) is 0.283. The number of fused-ring (bicyclic) bond motifs is 1. The molecule has 3 heterocycles. The van der Waals surface area contributed by atoms with E-state index in [2.05, 4.69) is 14.5 Å². The van der Waals surface area contributed by atoms with Gasteiger partial charge in [-0.15, -0.1) is 0 Å². The summed E-state index contributed by atoms with van der Waals surface area (Å²) in [6.07, 6.45) is 11.2. The van der Waals surface area contributed by atoms with Crippen molar-refractivity contribution in [1.82, 2.24) is 19.4 Å². The lowest BCUT2D eigenvalue weighted by Gasteiger charge is -2.27. The molecule has 0 saturated carbocycles. The maximum absolute atomic E-state index is 12.6. The number of likely N-dealkylation sites (tertiary alicyclic amines) is 1. The Hall–Kier alpha value is -1.36. The summed E-state index contributed by atoms with van der Waals surface area (Å²) in [6, 6.07) is 0. The molecular weight excluding hydrogens is 264 g/mol. The van der Waals surface area contributed by atoms with Crippen molar-refractivity contribution in [3.8, 4) is 0 Å². The third-order valence-corrected chi connectivity index (χ3v) is 4.64. The van der Waals surface area contributed by atoms with Crippen LogP contribution in [0.5, 0.6) is 0 Å². The van der Waals surface area contributed by atoms with Gasteiger partial charge in [-0.2, -0.15) is 0 Å². The molecule has 116 valence electrons. The molecule has 0 unspecified atom stereocenters. The van der Waals surface area contributed by atoms with Gasteiger partial charge in [0.05, 0.1) is 25.1 Å². The average Bonchev–Trinajstić information content (AvgIpc) is 2.78. The summed E-state index contributed by atoms with van der Waals surface area (Å²) < 4.78 is 2.17. The Bertz CT molecular complexity index is 463. The fourth-order valence-electron chi connectivity index (χ4n) is 3.36. The van der Waals surface area contributed by atoms with Crippen LogP contribution in [-0.4, -0.2) is 51.4 Å².